The molecule has 1 heterocycles. The predicted molar refractivity (Wildman–Crippen MR) is 60.2 cm³/mol. The molecule has 0 radical (unpaired) electrons. The lowest BCUT2D eigenvalue weighted by Gasteiger charge is -2.19. The molecule has 1 fully saturated rings. The van der Waals surface area contributed by atoms with Gasteiger partial charge in [-0.1, -0.05) is 0 Å². The van der Waals surface area contributed by atoms with E-state index in [0.717, 1.165) is 13.0 Å². The number of urea groups is 1. The number of ether oxygens (including phenoxy) is 2. The van der Waals surface area contributed by atoms with Crippen LogP contribution in [0.5, 0.6) is 0 Å². The number of nitrogens with one attached hydrogen (secondary N) is 2. The minimum atomic E-state index is -0.175. The van der Waals surface area contributed by atoms with Crippen molar-refractivity contribution in [2.45, 2.75) is 24.9 Å². The summed E-state index contributed by atoms with van der Waals surface area (Å²) in [4.78, 5) is 11.6. The van der Waals surface area contributed by atoms with E-state index in [1.165, 1.54) is 0 Å². The summed E-state index contributed by atoms with van der Waals surface area (Å²) in [6, 6.07) is -0.0793. The zero-order valence-electron chi connectivity index (χ0n) is 9.70. The fraction of sp³-hybridized carbons (Fsp3) is 0.900. The van der Waals surface area contributed by atoms with E-state index in [4.69, 9.17) is 15.2 Å². The van der Waals surface area contributed by atoms with E-state index in [0.29, 0.717) is 26.2 Å². The van der Waals surface area contributed by atoms with Gasteiger partial charge in [0.15, 0.2) is 0 Å². The van der Waals surface area contributed by atoms with Crippen LogP contribution in [0.3, 0.4) is 0 Å². The first-order chi connectivity index (χ1) is 7.76. The molecule has 6 heteroatoms. The number of hydrogen-bond acceptors (Lipinski definition) is 4. The summed E-state index contributed by atoms with van der Waals surface area (Å²) < 4.78 is 10.2. The molecule has 94 valence electrons. The van der Waals surface area contributed by atoms with Gasteiger partial charge in [-0.25, -0.2) is 4.79 Å². The van der Waals surface area contributed by atoms with Crippen molar-refractivity contribution in [2.24, 2.45) is 5.73 Å². The highest BCUT2D eigenvalue weighted by Crippen LogP contribution is 2.02. The van der Waals surface area contributed by atoms with Crippen LogP contribution in [0.25, 0.3) is 0 Å². The lowest BCUT2D eigenvalue weighted by Crippen LogP contribution is -2.48. The molecule has 0 aromatic heterocycles. The largest absolute Gasteiger partial charge is 0.383 e. The maximum absolute atomic E-state index is 11.6. The molecule has 0 aromatic carbocycles. The van der Waals surface area contributed by atoms with Crippen molar-refractivity contribution in [1.29, 1.82) is 0 Å². The highest BCUT2D eigenvalue weighted by atomic mass is 16.5. The zero-order valence-corrected chi connectivity index (χ0v) is 9.70. The highest BCUT2D eigenvalue weighted by Gasteiger charge is 2.19. The molecular weight excluding hydrogens is 210 g/mol. The smallest absolute Gasteiger partial charge is 0.315 e. The van der Waals surface area contributed by atoms with Crippen LogP contribution in [-0.2, 0) is 9.47 Å². The number of carbonyl (C=O) groups excluding carboxylic acids is 1. The van der Waals surface area contributed by atoms with Gasteiger partial charge >= 0.3 is 6.03 Å². The molecule has 1 aliphatic heterocycles. The molecule has 4 N–H and O–H groups in total. The average Bonchev–Trinajstić information content (AvgIpc) is 2.71. The predicted octanol–water partition coefficient (Wildman–Crippen LogP) is -0.562. The number of amides is 2. The summed E-state index contributed by atoms with van der Waals surface area (Å²) in [5, 5.41) is 5.69. The molecule has 0 bridgehead atoms. The Morgan fingerprint density at radius 2 is 2.50 bits per heavy atom. The summed E-state index contributed by atoms with van der Waals surface area (Å²) in [5.41, 5.74) is 5.45. The normalized spacial score (nSPS) is 21.8. The van der Waals surface area contributed by atoms with E-state index in [1.54, 1.807) is 7.11 Å². The number of methoxy groups -OCH3 is 1. The van der Waals surface area contributed by atoms with Gasteiger partial charge in [0.1, 0.15) is 0 Å². The molecule has 0 spiro atoms. The van der Waals surface area contributed by atoms with Gasteiger partial charge in [-0.3, -0.25) is 0 Å². The van der Waals surface area contributed by atoms with E-state index >= 15 is 0 Å². The third-order valence-corrected chi connectivity index (χ3v) is 2.48. The molecular formula is C10H21N3O3. The van der Waals surface area contributed by atoms with Crippen molar-refractivity contribution in [2.75, 3.05) is 33.5 Å². The Balaban J connectivity index is 2.23. The first kappa shape index (κ1) is 13.2. The topological polar surface area (TPSA) is 85.6 Å². The van der Waals surface area contributed by atoms with Crippen LogP contribution in [0.4, 0.5) is 4.79 Å². The zero-order chi connectivity index (χ0) is 11.8. The second-order valence-corrected chi connectivity index (χ2v) is 3.91. The Kier molecular flexibility index (Phi) is 6.14. The summed E-state index contributed by atoms with van der Waals surface area (Å²) >= 11 is 0. The van der Waals surface area contributed by atoms with E-state index in [2.05, 4.69) is 10.6 Å². The number of nitrogens with two attached hydrogens (primary N) is 1. The minimum absolute atomic E-state index is 0.0303. The fourth-order valence-corrected chi connectivity index (χ4v) is 1.66. The SMILES string of the molecule is COCC(CCN)NC(=O)NC1CCOC1. The third-order valence-electron chi connectivity index (χ3n) is 2.48. The van der Waals surface area contributed by atoms with Gasteiger partial charge in [0.05, 0.1) is 25.3 Å². The molecule has 0 aromatic rings. The number of rotatable bonds is 6. The highest BCUT2D eigenvalue weighted by molar-refractivity contribution is 5.74. The van der Waals surface area contributed by atoms with Crippen LogP contribution in [-0.4, -0.2) is 51.6 Å². The van der Waals surface area contributed by atoms with Crippen LogP contribution >= 0.6 is 0 Å². The lowest BCUT2D eigenvalue weighted by molar-refractivity contribution is 0.161. The molecule has 2 atom stereocenters. The van der Waals surface area contributed by atoms with Gasteiger partial charge in [0.25, 0.3) is 0 Å². The van der Waals surface area contributed by atoms with Crippen molar-refractivity contribution in [3.8, 4) is 0 Å². The Bertz CT molecular complexity index is 201. The van der Waals surface area contributed by atoms with Gasteiger partial charge in [-0.05, 0) is 19.4 Å². The Labute approximate surface area is 95.8 Å². The molecule has 0 saturated carbocycles. The molecule has 1 aliphatic rings. The monoisotopic (exact) mass is 231 g/mol. The molecule has 16 heavy (non-hydrogen) atoms. The fourth-order valence-electron chi connectivity index (χ4n) is 1.66. The molecule has 2 amide bonds. The maximum Gasteiger partial charge on any atom is 0.315 e. The quantitative estimate of drug-likeness (QED) is 0.572. The van der Waals surface area contributed by atoms with Crippen LogP contribution < -0.4 is 16.4 Å². The Morgan fingerprint density at radius 1 is 1.69 bits per heavy atom. The standard InChI is InChI=1S/C10H21N3O3/c1-15-6-8(2-4-11)12-10(14)13-9-3-5-16-7-9/h8-9H,2-7,11H2,1H3,(H2,12,13,14). The molecule has 1 saturated heterocycles. The van der Waals surface area contributed by atoms with Crippen molar-refractivity contribution >= 4 is 6.03 Å². The summed E-state index contributed by atoms with van der Waals surface area (Å²) in [5.74, 6) is 0. The summed E-state index contributed by atoms with van der Waals surface area (Å²) in [6.45, 7) is 2.32. The molecule has 6 nitrogen and oxygen atoms in total. The van der Waals surface area contributed by atoms with Gasteiger partial charge in [0, 0.05) is 13.7 Å². The van der Waals surface area contributed by atoms with Crippen molar-refractivity contribution < 1.29 is 14.3 Å². The van der Waals surface area contributed by atoms with Crippen molar-refractivity contribution in [1.82, 2.24) is 10.6 Å². The second kappa shape index (κ2) is 7.43. The van der Waals surface area contributed by atoms with Crippen molar-refractivity contribution in [3.63, 3.8) is 0 Å². The minimum Gasteiger partial charge on any atom is -0.383 e. The van der Waals surface area contributed by atoms with Crippen LogP contribution in [0.15, 0.2) is 0 Å². The van der Waals surface area contributed by atoms with Gasteiger partial charge < -0.3 is 25.8 Å². The number of carbonyl (C=O) groups is 1. The van der Waals surface area contributed by atoms with Crippen LogP contribution in [0.2, 0.25) is 0 Å². The summed E-state index contributed by atoms with van der Waals surface area (Å²) in [7, 11) is 1.61. The van der Waals surface area contributed by atoms with Crippen molar-refractivity contribution in [3.05, 3.63) is 0 Å². The summed E-state index contributed by atoms with van der Waals surface area (Å²) in [6.07, 6.45) is 1.58. The van der Waals surface area contributed by atoms with E-state index < -0.39 is 0 Å². The van der Waals surface area contributed by atoms with E-state index in [-0.39, 0.29) is 18.1 Å². The first-order valence-corrected chi connectivity index (χ1v) is 5.60. The molecule has 2 unspecified atom stereocenters. The number of hydrogen-bond donors (Lipinski definition) is 3. The van der Waals surface area contributed by atoms with Gasteiger partial charge in [-0.15, -0.1) is 0 Å². The molecule has 1 rings (SSSR count). The lowest BCUT2D eigenvalue weighted by atomic mass is 10.2. The Hall–Kier alpha value is -0.850. The maximum atomic E-state index is 11.6. The average molecular weight is 231 g/mol. The van der Waals surface area contributed by atoms with E-state index in [9.17, 15) is 4.79 Å². The Morgan fingerprint density at radius 3 is 3.06 bits per heavy atom. The van der Waals surface area contributed by atoms with Gasteiger partial charge in [0.2, 0.25) is 0 Å². The third kappa shape index (κ3) is 4.78. The molecule has 0 aliphatic carbocycles. The van der Waals surface area contributed by atoms with Gasteiger partial charge in [-0.2, -0.15) is 0 Å². The first-order valence-electron chi connectivity index (χ1n) is 5.60. The van der Waals surface area contributed by atoms with Crippen LogP contribution in [0, 0.1) is 0 Å². The van der Waals surface area contributed by atoms with Crippen LogP contribution in [0.1, 0.15) is 12.8 Å². The van der Waals surface area contributed by atoms with E-state index in [1.807, 2.05) is 0 Å². The second-order valence-electron chi connectivity index (χ2n) is 3.91.